The average Bonchev–Trinajstić information content (AvgIpc) is 3.20. The highest BCUT2D eigenvalue weighted by atomic mass is 14.8. The van der Waals surface area contributed by atoms with Gasteiger partial charge < -0.3 is 0 Å². The summed E-state index contributed by atoms with van der Waals surface area (Å²) >= 11 is 0. The van der Waals surface area contributed by atoms with E-state index in [9.17, 15) is 0 Å². The highest BCUT2D eigenvalue weighted by molar-refractivity contribution is 5.75. The summed E-state index contributed by atoms with van der Waals surface area (Å²) in [5, 5.41) is 0. The number of aliphatic imine (C=N–C) groups is 1. The second kappa shape index (κ2) is 13.3. The molecule has 0 saturated carbocycles. The number of allylic oxidation sites excluding steroid dienone is 5. The molecule has 1 aromatic carbocycles. The van der Waals surface area contributed by atoms with Gasteiger partial charge in [-0.25, -0.2) is 0 Å². The maximum absolute atomic E-state index is 4.49. The first kappa shape index (κ1) is 24.1. The van der Waals surface area contributed by atoms with E-state index >= 15 is 0 Å². The van der Waals surface area contributed by atoms with Gasteiger partial charge in [-0.3, -0.25) is 4.99 Å². The second-order valence-electron chi connectivity index (χ2n) is 6.45. The van der Waals surface area contributed by atoms with Gasteiger partial charge in [-0.1, -0.05) is 91.8 Å². The van der Waals surface area contributed by atoms with Crippen molar-refractivity contribution in [3.8, 4) is 0 Å². The van der Waals surface area contributed by atoms with Crippen LogP contribution in [0.2, 0.25) is 0 Å². The fourth-order valence-electron chi connectivity index (χ4n) is 2.79. The first-order valence-electron chi connectivity index (χ1n) is 10.2. The summed E-state index contributed by atoms with van der Waals surface area (Å²) < 4.78 is 0. The predicted octanol–water partition coefficient (Wildman–Crippen LogP) is 8.06. The average molecular weight is 354 g/mol. The third kappa shape index (κ3) is 7.15. The molecule has 0 fully saturated rings. The SMILES string of the molecule is C/C=C(\C=C(\c1cccc(C2C=CC=N2)c1)C(C)C)C(C)C.CC.CC. The van der Waals surface area contributed by atoms with Gasteiger partial charge in [0.05, 0.1) is 6.04 Å². The Balaban J connectivity index is 0.00000146. The van der Waals surface area contributed by atoms with Gasteiger partial charge in [0.15, 0.2) is 0 Å². The van der Waals surface area contributed by atoms with Gasteiger partial charge in [-0.05, 0) is 53.2 Å². The van der Waals surface area contributed by atoms with E-state index in [4.69, 9.17) is 0 Å². The van der Waals surface area contributed by atoms with Crippen molar-refractivity contribution in [3.05, 3.63) is 65.3 Å². The molecule has 1 aliphatic heterocycles. The molecule has 2 rings (SSSR count). The van der Waals surface area contributed by atoms with Gasteiger partial charge in [-0.2, -0.15) is 0 Å². The molecule has 1 unspecified atom stereocenters. The highest BCUT2D eigenvalue weighted by Gasteiger charge is 2.13. The minimum absolute atomic E-state index is 0.180. The molecule has 1 heteroatoms. The molecule has 0 amide bonds. The van der Waals surface area contributed by atoms with Crippen molar-refractivity contribution in [2.45, 2.75) is 68.4 Å². The molecule has 1 aliphatic rings. The molecule has 1 atom stereocenters. The highest BCUT2D eigenvalue weighted by Crippen LogP contribution is 2.30. The quantitative estimate of drug-likeness (QED) is 0.475. The van der Waals surface area contributed by atoms with Gasteiger partial charge in [0, 0.05) is 6.21 Å². The van der Waals surface area contributed by atoms with E-state index in [1.807, 2.05) is 40.0 Å². The third-order valence-corrected chi connectivity index (χ3v) is 4.13. The first-order chi connectivity index (χ1) is 12.5. The fraction of sp³-hybridized carbons (Fsp3) is 0.480. The summed E-state index contributed by atoms with van der Waals surface area (Å²) in [4.78, 5) is 4.49. The van der Waals surface area contributed by atoms with Crippen LogP contribution in [0.1, 0.15) is 79.5 Å². The van der Waals surface area contributed by atoms with Crippen LogP contribution in [0.3, 0.4) is 0 Å². The smallest absolute Gasteiger partial charge is 0.0934 e. The molecule has 0 N–H and O–H groups in total. The molecule has 0 aromatic heterocycles. The van der Waals surface area contributed by atoms with E-state index < -0.39 is 0 Å². The Morgan fingerprint density at radius 3 is 2.12 bits per heavy atom. The Hall–Kier alpha value is -1.89. The molecule has 1 aromatic rings. The molecule has 0 aliphatic carbocycles. The Morgan fingerprint density at radius 1 is 1.00 bits per heavy atom. The number of nitrogens with zero attached hydrogens (tertiary/aromatic N) is 1. The van der Waals surface area contributed by atoms with Gasteiger partial charge in [0.25, 0.3) is 0 Å². The standard InChI is InChI=1S/C21H27N.2C2H6/c1-6-17(15(2)3)14-20(16(4)5)18-9-7-10-19(13-18)21-11-8-12-22-21;2*1-2/h6-16,21H,1-5H3;2*1-2H3/b17-6+,20-14+;;. The summed E-state index contributed by atoms with van der Waals surface area (Å²) in [6, 6.07) is 8.99. The van der Waals surface area contributed by atoms with Crippen LogP contribution in [0.5, 0.6) is 0 Å². The van der Waals surface area contributed by atoms with Crippen molar-refractivity contribution in [1.29, 1.82) is 0 Å². The summed E-state index contributed by atoms with van der Waals surface area (Å²) in [5.41, 5.74) is 5.37. The van der Waals surface area contributed by atoms with Crippen LogP contribution < -0.4 is 0 Å². The van der Waals surface area contributed by atoms with E-state index in [1.54, 1.807) is 0 Å². The molecule has 26 heavy (non-hydrogen) atoms. The Bertz CT molecular complexity index is 615. The van der Waals surface area contributed by atoms with Gasteiger partial charge in [0.2, 0.25) is 0 Å². The van der Waals surface area contributed by atoms with Crippen molar-refractivity contribution in [1.82, 2.24) is 0 Å². The van der Waals surface area contributed by atoms with Crippen molar-refractivity contribution >= 4 is 11.8 Å². The normalized spacial score (nSPS) is 16.3. The summed E-state index contributed by atoms with van der Waals surface area (Å²) in [6.07, 6.45) is 10.6. The van der Waals surface area contributed by atoms with Crippen LogP contribution >= 0.6 is 0 Å². The summed E-state index contributed by atoms with van der Waals surface area (Å²) in [7, 11) is 0. The van der Waals surface area contributed by atoms with Crippen LogP contribution in [-0.2, 0) is 0 Å². The van der Waals surface area contributed by atoms with E-state index in [-0.39, 0.29) is 6.04 Å². The van der Waals surface area contributed by atoms with Crippen LogP contribution in [0, 0.1) is 11.8 Å². The fourth-order valence-corrected chi connectivity index (χ4v) is 2.79. The lowest BCUT2D eigenvalue weighted by molar-refractivity contribution is 0.783. The summed E-state index contributed by atoms with van der Waals surface area (Å²) in [6.45, 7) is 19.1. The van der Waals surface area contributed by atoms with E-state index in [0.29, 0.717) is 11.8 Å². The van der Waals surface area contributed by atoms with Crippen LogP contribution in [0.4, 0.5) is 0 Å². The zero-order valence-electron chi connectivity index (χ0n) is 18.4. The second-order valence-corrected chi connectivity index (χ2v) is 6.45. The van der Waals surface area contributed by atoms with Crippen LogP contribution in [-0.4, -0.2) is 6.21 Å². The van der Waals surface area contributed by atoms with Crippen molar-refractivity contribution in [2.24, 2.45) is 16.8 Å². The first-order valence-corrected chi connectivity index (χ1v) is 10.2. The molecule has 0 spiro atoms. The Kier molecular flexibility index (Phi) is 12.4. The van der Waals surface area contributed by atoms with Crippen molar-refractivity contribution in [3.63, 3.8) is 0 Å². The van der Waals surface area contributed by atoms with E-state index in [1.165, 1.54) is 22.3 Å². The van der Waals surface area contributed by atoms with Crippen molar-refractivity contribution in [2.75, 3.05) is 0 Å². The molecule has 1 heterocycles. The van der Waals surface area contributed by atoms with Crippen molar-refractivity contribution < 1.29 is 0 Å². The van der Waals surface area contributed by atoms with Crippen LogP contribution in [0.25, 0.3) is 5.57 Å². The largest absolute Gasteiger partial charge is 0.281 e. The molecule has 0 bridgehead atoms. The Labute approximate surface area is 162 Å². The number of benzene rings is 1. The van der Waals surface area contributed by atoms with Crippen LogP contribution in [0.15, 0.2) is 59.1 Å². The monoisotopic (exact) mass is 353 g/mol. The van der Waals surface area contributed by atoms with Gasteiger partial charge in [0.1, 0.15) is 0 Å². The minimum Gasteiger partial charge on any atom is -0.281 e. The third-order valence-electron chi connectivity index (χ3n) is 4.13. The number of hydrogen-bond acceptors (Lipinski definition) is 1. The topological polar surface area (TPSA) is 12.4 Å². The maximum atomic E-state index is 4.49. The van der Waals surface area contributed by atoms with E-state index in [2.05, 4.69) is 82.1 Å². The number of hydrogen-bond donors (Lipinski definition) is 0. The summed E-state index contributed by atoms with van der Waals surface area (Å²) in [5.74, 6) is 1.04. The van der Waals surface area contributed by atoms with Gasteiger partial charge >= 0.3 is 0 Å². The van der Waals surface area contributed by atoms with E-state index in [0.717, 1.165) is 0 Å². The lowest BCUT2D eigenvalue weighted by Gasteiger charge is -2.17. The minimum atomic E-state index is 0.180. The molecule has 144 valence electrons. The lowest BCUT2D eigenvalue weighted by Crippen LogP contribution is -1.99. The zero-order valence-corrected chi connectivity index (χ0v) is 18.4. The molecule has 0 radical (unpaired) electrons. The maximum Gasteiger partial charge on any atom is 0.0934 e. The zero-order chi connectivity index (χ0) is 20.1. The molecular weight excluding hydrogens is 314 g/mol. The number of rotatable bonds is 5. The molecule has 1 nitrogen and oxygen atoms in total. The van der Waals surface area contributed by atoms with Gasteiger partial charge in [-0.15, -0.1) is 0 Å². The predicted molar refractivity (Wildman–Crippen MR) is 121 cm³/mol. The molecular formula is C25H39N. The Morgan fingerprint density at radius 2 is 1.65 bits per heavy atom. The molecule has 0 saturated heterocycles. The lowest BCUT2D eigenvalue weighted by atomic mass is 9.89.